The number of aryl methyl sites for hydroxylation is 1. The summed E-state index contributed by atoms with van der Waals surface area (Å²) >= 11 is 0. The van der Waals surface area contributed by atoms with Gasteiger partial charge in [0.2, 0.25) is 5.78 Å². The van der Waals surface area contributed by atoms with Crippen LogP contribution in [0.3, 0.4) is 0 Å². The number of carbonyl (C=O) groups excluding carboxylic acids is 2. The van der Waals surface area contributed by atoms with E-state index in [1.807, 2.05) is 0 Å². The minimum atomic E-state index is -4.50. The number of ketones is 1. The highest BCUT2D eigenvalue weighted by atomic mass is 19.4. The number of Topliss-reactive ketones (excluding diaryl/α,β-unsaturated/α-hetero) is 1. The summed E-state index contributed by atoms with van der Waals surface area (Å²) in [6, 6.07) is 7.07. The van der Waals surface area contributed by atoms with Crippen molar-refractivity contribution in [3.63, 3.8) is 0 Å². The second kappa shape index (κ2) is 8.09. The molecule has 0 bridgehead atoms. The number of hydrogen-bond acceptors (Lipinski definition) is 4. The molecular formula is C23H23F3N2O3. The van der Waals surface area contributed by atoms with Crippen LogP contribution in [0.1, 0.15) is 36.4 Å². The number of esters is 1. The van der Waals surface area contributed by atoms with Gasteiger partial charge in [-0.2, -0.15) is 13.2 Å². The van der Waals surface area contributed by atoms with Gasteiger partial charge >= 0.3 is 12.1 Å². The molecule has 2 heterocycles. The first-order valence-corrected chi connectivity index (χ1v) is 9.72. The van der Waals surface area contributed by atoms with Gasteiger partial charge in [0.15, 0.2) is 0 Å². The van der Waals surface area contributed by atoms with Crippen LogP contribution >= 0.6 is 0 Å². The Balaban J connectivity index is 2.09. The van der Waals surface area contributed by atoms with Crippen LogP contribution < -0.4 is 0 Å². The van der Waals surface area contributed by atoms with E-state index in [0.29, 0.717) is 22.6 Å². The predicted octanol–water partition coefficient (Wildman–Crippen LogP) is 4.81. The molecule has 5 nitrogen and oxygen atoms in total. The second-order valence-corrected chi connectivity index (χ2v) is 7.28. The zero-order valence-electron chi connectivity index (χ0n) is 17.9. The van der Waals surface area contributed by atoms with Crippen molar-refractivity contribution in [3.05, 3.63) is 69.8 Å². The molecule has 1 aliphatic heterocycles. The van der Waals surface area contributed by atoms with Crippen molar-refractivity contribution in [2.45, 2.75) is 33.9 Å². The van der Waals surface area contributed by atoms with Gasteiger partial charge in [0.05, 0.1) is 23.6 Å². The number of hydrogen-bond donors (Lipinski definition) is 0. The van der Waals surface area contributed by atoms with Crippen molar-refractivity contribution in [3.8, 4) is 5.69 Å². The fourth-order valence-corrected chi connectivity index (χ4v) is 3.76. The number of aromatic nitrogens is 1. The number of rotatable bonds is 4. The topological polar surface area (TPSA) is 51.5 Å². The van der Waals surface area contributed by atoms with E-state index in [2.05, 4.69) is 0 Å². The van der Waals surface area contributed by atoms with Crippen LogP contribution in [0.15, 0.2) is 47.3 Å². The molecule has 8 heteroatoms. The Bertz CT molecular complexity index is 1120. The molecule has 0 spiro atoms. The number of alkyl halides is 3. The number of para-hydroxylation sites is 1. The second-order valence-electron chi connectivity index (χ2n) is 7.28. The molecule has 0 saturated carbocycles. The van der Waals surface area contributed by atoms with Gasteiger partial charge in [0.1, 0.15) is 5.57 Å². The van der Waals surface area contributed by atoms with Crippen molar-refractivity contribution in [1.29, 1.82) is 0 Å². The molecule has 1 aromatic heterocycles. The van der Waals surface area contributed by atoms with Crippen molar-refractivity contribution in [2.75, 3.05) is 13.7 Å². The maximum atomic E-state index is 13.5. The van der Waals surface area contributed by atoms with E-state index in [4.69, 9.17) is 4.74 Å². The summed E-state index contributed by atoms with van der Waals surface area (Å²) in [6.45, 7) is 6.84. The maximum absolute atomic E-state index is 13.5. The van der Waals surface area contributed by atoms with Gasteiger partial charge in [-0.25, -0.2) is 4.79 Å². The van der Waals surface area contributed by atoms with E-state index in [9.17, 15) is 22.8 Å². The number of halogens is 3. The van der Waals surface area contributed by atoms with E-state index in [1.165, 1.54) is 16.7 Å². The molecule has 0 atom stereocenters. The summed E-state index contributed by atoms with van der Waals surface area (Å²) < 4.78 is 47.1. The van der Waals surface area contributed by atoms with E-state index in [0.717, 1.165) is 6.07 Å². The van der Waals surface area contributed by atoms with Crippen molar-refractivity contribution in [1.82, 2.24) is 9.47 Å². The van der Waals surface area contributed by atoms with Crippen molar-refractivity contribution >= 4 is 17.8 Å². The number of benzene rings is 1. The summed E-state index contributed by atoms with van der Waals surface area (Å²) in [4.78, 5) is 26.7. The monoisotopic (exact) mass is 432 g/mol. The lowest BCUT2D eigenvalue weighted by Crippen LogP contribution is -2.15. The molecule has 164 valence electrons. The van der Waals surface area contributed by atoms with Crippen LogP contribution in [0.25, 0.3) is 11.8 Å². The molecule has 1 aromatic carbocycles. The highest BCUT2D eigenvalue weighted by Crippen LogP contribution is 2.36. The van der Waals surface area contributed by atoms with Crippen LogP contribution in [-0.4, -0.2) is 34.9 Å². The molecule has 31 heavy (non-hydrogen) atoms. The summed E-state index contributed by atoms with van der Waals surface area (Å²) in [6.07, 6.45) is -2.91. The van der Waals surface area contributed by atoms with Gasteiger partial charge in [-0.05, 0) is 57.5 Å². The first kappa shape index (κ1) is 22.4. The average Bonchev–Trinajstić information content (AvgIpc) is 3.08. The zero-order chi connectivity index (χ0) is 23.1. The summed E-state index contributed by atoms with van der Waals surface area (Å²) in [5, 5.41) is 0. The third-order valence-corrected chi connectivity index (χ3v) is 5.38. The molecule has 0 aliphatic carbocycles. The number of carbonyl (C=O) groups is 2. The normalized spacial score (nSPS) is 15.9. The number of allylic oxidation sites excluding steroid dienone is 2. The van der Waals surface area contributed by atoms with Gasteiger partial charge in [-0.15, -0.1) is 0 Å². The molecule has 1 aliphatic rings. The maximum Gasteiger partial charge on any atom is 0.418 e. The van der Waals surface area contributed by atoms with Gasteiger partial charge in [-0.1, -0.05) is 12.1 Å². The standard InChI is InChI=1S/C23H23F3N2O3/c1-6-31-22(30)20-15(4)27(5)19(21(20)29)12-16-11-13(2)28(14(16)3)18-10-8-7-9-17(18)23(24,25)26/h7-12H,6H2,1-5H3/b19-12+. The minimum absolute atomic E-state index is 0.0160. The Labute approximate surface area is 178 Å². The molecule has 3 rings (SSSR count). The molecule has 0 amide bonds. The number of likely N-dealkylation sites (N-methyl/N-ethyl adjacent to an activating group) is 1. The predicted molar refractivity (Wildman–Crippen MR) is 110 cm³/mol. The number of nitrogens with zero attached hydrogens (tertiary/aromatic N) is 2. The molecule has 0 fully saturated rings. The Morgan fingerprint density at radius 3 is 2.42 bits per heavy atom. The van der Waals surface area contributed by atoms with Crippen molar-refractivity contribution < 1.29 is 27.5 Å². The largest absolute Gasteiger partial charge is 0.462 e. The van der Waals surface area contributed by atoms with Crippen LogP contribution in [0.4, 0.5) is 13.2 Å². The Morgan fingerprint density at radius 1 is 1.16 bits per heavy atom. The van der Waals surface area contributed by atoms with Gasteiger partial charge in [0.25, 0.3) is 0 Å². The fourth-order valence-electron chi connectivity index (χ4n) is 3.76. The first-order chi connectivity index (χ1) is 14.5. The Morgan fingerprint density at radius 2 is 1.81 bits per heavy atom. The fraction of sp³-hybridized carbons (Fsp3) is 0.304. The Hall–Kier alpha value is -3.29. The highest BCUT2D eigenvalue weighted by molar-refractivity contribution is 6.27. The molecule has 2 aromatic rings. The van der Waals surface area contributed by atoms with Gasteiger partial charge in [0, 0.05) is 24.1 Å². The lowest BCUT2D eigenvalue weighted by atomic mass is 10.1. The third-order valence-electron chi connectivity index (χ3n) is 5.38. The lowest BCUT2D eigenvalue weighted by Gasteiger charge is -2.17. The van der Waals surface area contributed by atoms with Gasteiger partial charge < -0.3 is 14.2 Å². The minimum Gasteiger partial charge on any atom is -0.462 e. The van der Waals surface area contributed by atoms with Crippen LogP contribution in [0.5, 0.6) is 0 Å². The summed E-state index contributed by atoms with van der Waals surface area (Å²) in [7, 11) is 1.66. The summed E-state index contributed by atoms with van der Waals surface area (Å²) in [5.74, 6) is -1.16. The molecule has 0 saturated heterocycles. The van der Waals surface area contributed by atoms with E-state index < -0.39 is 23.5 Å². The van der Waals surface area contributed by atoms with Crippen LogP contribution in [0, 0.1) is 13.8 Å². The van der Waals surface area contributed by atoms with Crippen LogP contribution in [0.2, 0.25) is 0 Å². The molecular weight excluding hydrogens is 409 g/mol. The molecule has 0 unspecified atom stereocenters. The Kier molecular flexibility index (Phi) is 5.85. The SMILES string of the molecule is CCOC(=O)C1=C(C)N(C)/C(=C/c2cc(C)n(-c3ccccc3C(F)(F)F)c2C)C1=O. The molecule has 0 radical (unpaired) electrons. The average molecular weight is 432 g/mol. The highest BCUT2D eigenvalue weighted by Gasteiger charge is 2.36. The van der Waals surface area contributed by atoms with Gasteiger partial charge in [-0.3, -0.25) is 4.79 Å². The smallest absolute Gasteiger partial charge is 0.418 e. The quantitative estimate of drug-likeness (QED) is 0.396. The number of ether oxygens (including phenoxy) is 1. The molecule has 0 N–H and O–H groups in total. The van der Waals surface area contributed by atoms with Crippen LogP contribution in [-0.2, 0) is 20.5 Å². The summed E-state index contributed by atoms with van der Waals surface area (Å²) in [5.41, 5.74) is 1.68. The lowest BCUT2D eigenvalue weighted by molar-refractivity contribution is -0.140. The van der Waals surface area contributed by atoms with E-state index in [-0.39, 0.29) is 23.6 Å². The van der Waals surface area contributed by atoms with Crippen molar-refractivity contribution in [2.24, 2.45) is 0 Å². The third kappa shape index (κ3) is 3.89. The first-order valence-electron chi connectivity index (χ1n) is 9.72. The van der Waals surface area contributed by atoms with E-state index >= 15 is 0 Å². The van der Waals surface area contributed by atoms with E-state index in [1.54, 1.807) is 57.9 Å². The zero-order valence-corrected chi connectivity index (χ0v) is 17.9.